The molecule has 29 heavy (non-hydrogen) atoms. The molecule has 3 aromatic rings. The van der Waals surface area contributed by atoms with E-state index in [2.05, 4.69) is 32.4 Å². The third-order valence-corrected chi connectivity index (χ3v) is 5.98. The minimum absolute atomic E-state index is 0.0737. The molecule has 1 aliphatic rings. The molecule has 1 aliphatic heterocycles. The monoisotopic (exact) mass is 389 g/mol. The van der Waals surface area contributed by atoms with Gasteiger partial charge < -0.3 is 4.57 Å². The van der Waals surface area contributed by atoms with Gasteiger partial charge in [-0.25, -0.2) is 9.37 Å². The van der Waals surface area contributed by atoms with Crippen molar-refractivity contribution in [1.82, 2.24) is 19.4 Å². The number of nitriles is 1. The Morgan fingerprint density at radius 2 is 1.93 bits per heavy atom. The van der Waals surface area contributed by atoms with E-state index in [-0.39, 0.29) is 11.9 Å². The highest BCUT2D eigenvalue weighted by molar-refractivity contribution is 5.27. The third kappa shape index (κ3) is 3.92. The largest absolute Gasteiger partial charge is 0.326 e. The standard InChI is InChI=1S/C23H24FN5/c1-18(19-5-7-20(24)8-6-19)29-17-26-14-21(29)15-28-12-9-23(16-25,10-13-28)22-4-2-3-11-27-22/h2-8,11,14,17-18H,9-10,12-13,15H2,1H3/t18-/m1/s1. The molecular weight excluding hydrogens is 365 g/mol. The quantitative estimate of drug-likeness (QED) is 0.660. The van der Waals surface area contributed by atoms with E-state index in [0.717, 1.165) is 49.4 Å². The zero-order valence-corrected chi connectivity index (χ0v) is 16.5. The van der Waals surface area contributed by atoms with E-state index < -0.39 is 5.41 Å². The van der Waals surface area contributed by atoms with E-state index in [1.54, 1.807) is 6.20 Å². The lowest BCUT2D eigenvalue weighted by Crippen LogP contribution is -2.42. The SMILES string of the molecule is C[C@H](c1ccc(F)cc1)n1cncc1CN1CCC(C#N)(c2ccccn2)CC1. The maximum absolute atomic E-state index is 13.2. The van der Waals surface area contributed by atoms with Gasteiger partial charge in [-0.1, -0.05) is 18.2 Å². The van der Waals surface area contributed by atoms with Crippen LogP contribution < -0.4 is 0 Å². The molecule has 6 heteroatoms. The van der Waals surface area contributed by atoms with Crippen molar-refractivity contribution in [2.75, 3.05) is 13.1 Å². The molecule has 1 aromatic carbocycles. The van der Waals surface area contributed by atoms with Gasteiger partial charge in [0.05, 0.1) is 29.8 Å². The Kier molecular flexibility index (Phi) is 5.41. The van der Waals surface area contributed by atoms with E-state index in [1.807, 2.05) is 42.9 Å². The summed E-state index contributed by atoms with van der Waals surface area (Å²) in [7, 11) is 0. The smallest absolute Gasteiger partial charge is 0.123 e. The number of aromatic nitrogens is 3. The van der Waals surface area contributed by atoms with Crippen molar-refractivity contribution in [3.63, 3.8) is 0 Å². The predicted molar refractivity (Wildman–Crippen MR) is 108 cm³/mol. The van der Waals surface area contributed by atoms with Crippen LogP contribution in [0.1, 0.15) is 42.8 Å². The zero-order chi connectivity index (χ0) is 20.3. The topological polar surface area (TPSA) is 57.7 Å². The van der Waals surface area contributed by atoms with E-state index in [4.69, 9.17) is 0 Å². The first kappa shape index (κ1) is 19.3. The lowest BCUT2D eigenvalue weighted by atomic mass is 9.76. The average molecular weight is 389 g/mol. The van der Waals surface area contributed by atoms with Crippen LogP contribution in [0.5, 0.6) is 0 Å². The number of likely N-dealkylation sites (tertiary alicyclic amines) is 1. The number of nitrogens with zero attached hydrogens (tertiary/aromatic N) is 5. The molecule has 148 valence electrons. The molecule has 0 saturated carbocycles. The first-order chi connectivity index (χ1) is 14.1. The lowest BCUT2D eigenvalue weighted by molar-refractivity contribution is 0.173. The highest BCUT2D eigenvalue weighted by atomic mass is 19.1. The maximum atomic E-state index is 13.2. The van der Waals surface area contributed by atoms with Gasteiger partial charge in [0.25, 0.3) is 0 Å². The van der Waals surface area contributed by atoms with Gasteiger partial charge in [-0.15, -0.1) is 0 Å². The van der Waals surface area contributed by atoms with Crippen molar-refractivity contribution >= 4 is 0 Å². The highest BCUT2D eigenvalue weighted by Crippen LogP contribution is 2.34. The molecule has 0 bridgehead atoms. The lowest BCUT2D eigenvalue weighted by Gasteiger charge is -2.37. The summed E-state index contributed by atoms with van der Waals surface area (Å²) in [6.45, 7) is 4.53. The van der Waals surface area contributed by atoms with Gasteiger partial charge in [-0.3, -0.25) is 9.88 Å². The van der Waals surface area contributed by atoms with E-state index in [0.29, 0.717) is 0 Å². The first-order valence-corrected chi connectivity index (χ1v) is 9.92. The van der Waals surface area contributed by atoms with E-state index in [9.17, 15) is 9.65 Å². The van der Waals surface area contributed by atoms with E-state index in [1.165, 1.54) is 12.1 Å². The summed E-state index contributed by atoms with van der Waals surface area (Å²) in [5, 5.41) is 9.85. The van der Waals surface area contributed by atoms with Gasteiger partial charge in [0.1, 0.15) is 11.2 Å². The zero-order valence-electron chi connectivity index (χ0n) is 16.5. The summed E-state index contributed by atoms with van der Waals surface area (Å²) < 4.78 is 15.4. The second-order valence-corrected chi connectivity index (χ2v) is 7.70. The molecule has 5 nitrogen and oxygen atoms in total. The summed E-state index contributed by atoms with van der Waals surface area (Å²) >= 11 is 0. The predicted octanol–water partition coefficient (Wildman–Crippen LogP) is 4.08. The number of halogens is 1. The molecule has 2 aromatic heterocycles. The number of hydrogen-bond acceptors (Lipinski definition) is 4. The molecule has 1 atom stereocenters. The summed E-state index contributed by atoms with van der Waals surface area (Å²) in [5.74, 6) is -0.228. The summed E-state index contributed by atoms with van der Waals surface area (Å²) in [5.41, 5.74) is 2.53. The fraction of sp³-hybridized carbons (Fsp3) is 0.348. The van der Waals surface area contributed by atoms with Crippen LogP contribution in [0.3, 0.4) is 0 Å². The fourth-order valence-corrected chi connectivity index (χ4v) is 4.10. The molecule has 0 spiro atoms. The van der Waals surface area contributed by atoms with Crippen molar-refractivity contribution in [1.29, 1.82) is 5.26 Å². The van der Waals surface area contributed by atoms with Crippen molar-refractivity contribution in [3.05, 3.63) is 84.0 Å². The van der Waals surface area contributed by atoms with Crippen molar-refractivity contribution < 1.29 is 4.39 Å². The minimum Gasteiger partial charge on any atom is -0.326 e. The number of hydrogen-bond donors (Lipinski definition) is 0. The molecule has 0 N–H and O–H groups in total. The Labute approximate surface area is 170 Å². The molecule has 1 saturated heterocycles. The first-order valence-electron chi connectivity index (χ1n) is 9.92. The van der Waals surface area contributed by atoms with Gasteiger partial charge in [0.15, 0.2) is 0 Å². The normalized spacial score (nSPS) is 17.6. The summed E-state index contributed by atoms with van der Waals surface area (Å²) in [6.07, 6.45) is 7.02. The van der Waals surface area contributed by atoms with Gasteiger partial charge in [-0.2, -0.15) is 5.26 Å². The third-order valence-electron chi connectivity index (χ3n) is 5.98. The Bertz CT molecular complexity index is 982. The number of imidazole rings is 1. The van der Waals surface area contributed by atoms with Crippen LogP contribution in [0.4, 0.5) is 4.39 Å². The van der Waals surface area contributed by atoms with Crippen LogP contribution in [0.15, 0.2) is 61.2 Å². The van der Waals surface area contributed by atoms with Crippen LogP contribution >= 0.6 is 0 Å². The van der Waals surface area contributed by atoms with Crippen molar-refractivity contribution in [2.24, 2.45) is 0 Å². The van der Waals surface area contributed by atoms with Gasteiger partial charge in [-0.05, 0) is 49.6 Å². The number of pyridine rings is 1. The van der Waals surface area contributed by atoms with Gasteiger partial charge in [0, 0.05) is 32.0 Å². The van der Waals surface area contributed by atoms with Crippen molar-refractivity contribution in [3.8, 4) is 6.07 Å². The van der Waals surface area contributed by atoms with Crippen LogP contribution in [0.25, 0.3) is 0 Å². The second kappa shape index (κ2) is 8.14. The van der Waals surface area contributed by atoms with Gasteiger partial charge >= 0.3 is 0 Å². The number of rotatable bonds is 5. The fourth-order valence-electron chi connectivity index (χ4n) is 4.10. The van der Waals surface area contributed by atoms with Gasteiger partial charge in [0.2, 0.25) is 0 Å². The molecule has 0 amide bonds. The van der Waals surface area contributed by atoms with Crippen LogP contribution in [-0.4, -0.2) is 32.5 Å². The molecule has 1 fully saturated rings. The molecule has 0 aliphatic carbocycles. The Morgan fingerprint density at radius 3 is 2.59 bits per heavy atom. The Hall–Kier alpha value is -3.04. The Morgan fingerprint density at radius 1 is 1.17 bits per heavy atom. The average Bonchev–Trinajstić information content (AvgIpc) is 3.23. The van der Waals surface area contributed by atoms with Crippen molar-refractivity contribution in [2.45, 2.75) is 37.8 Å². The highest BCUT2D eigenvalue weighted by Gasteiger charge is 2.37. The summed E-state index contributed by atoms with van der Waals surface area (Å²) in [4.78, 5) is 11.1. The van der Waals surface area contributed by atoms with Crippen LogP contribution in [-0.2, 0) is 12.0 Å². The Balaban J connectivity index is 1.45. The number of benzene rings is 1. The summed E-state index contributed by atoms with van der Waals surface area (Å²) in [6, 6.07) is 15.0. The maximum Gasteiger partial charge on any atom is 0.123 e. The molecule has 4 rings (SSSR count). The molecule has 0 unspecified atom stereocenters. The second-order valence-electron chi connectivity index (χ2n) is 7.70. The molecule has 0 radical (unpaired) electrons. The molecular formula is C23H24FN5. The number of piperidine rings is 1. The van der Waals surface area contributed by atoms with Crippen LogP contribution in [0, 0.1) is 17.1 Å². The van der Waals surface area contributed by atoms with Crippen LogP contribution in [0.2, 0.25) is 0 Å². The molecule has 3 heterocycles. The van der Waals surface area contributed by atoms with E-state index >= 15 is 0 Å². The minimum atomic E-state index is -0.501.